The third-order valence-electron chi connectivity index (χ3n) is 3.43. The van der Waals surface area contributed by atoms with Gasteiger partial charge in [0.1, 0.15) is 18.2 Å². The molecule has 114 valence electrons. The molecule has 0 aliphatic heterocycles. The molecule has 1 aliphatic rings. The first-order valence-electron chi connectivity index (χ1n) is 7.27. The average molecular weight is 290 g/mol. The summed E-state index contributed by atoms with van der Waals surface area (Å²) in [6.07, 6.45) is 5.72. The van der Waals surface area contributed by atoms with Gasteiger partial charge in [-0.3, -0.25) is 5.41 Å². The van der Waals surface area contributed by atoms with Gasteiger partial charge >= 0.3 is 6.03 Å². The zero-order valence-electron chi connectivity index (χ0n) is 12.0. The van der Waals surface area contributed by atoms with Crippen LogP contribution in [0.2, 0.25) is 0 Å². The summed E-state index contributed by atoms with van der Waals surface area (Å²) in [5.74, 6) is 0.532. The molecule has 2 rings (SSSR count). The second-order valence-electron chi connectivity index (χ2n) is 5.28. The predicted molar refractivity (Wildman–Crippen MR) is 82.9 cm³/mol. The highest BCUT2D eigenvalue weighted by atomic mass is 16.5. The molecule has 0 spiro atoms. The van der Waals surface area contributed by atoms with Crippen LogP contribution in [0.15, 0.2) is 24.3 Å². The van der Waals surface area contributed by atoms with E-state index in [1.807, 2.05) is 0 Å². The minimum absolute atomic E-state index is 0.0385. The second-order valence-corrected chi connectivity index (χ2v) is 5.28. The van der Waals surface area contributed by atoms with Crippen molar-refractivity contribution in [2.24, 2.45) is 5.73 Å². The van der Waals surface area contributed by atoms with E-state index in [0.717, 1.165) is 12.8 Å². The number of urea groups is 1. The number of rotatable bonds is 5. The fraction of sp³-hybridized carbons (Fsp3) is 0.467. The molecule has 0 bridgehead atoms. The van der Waals surface area contributed by atoms with E-state index in [1.54, 1.807) is 24.3 Å². The van der Waals surface area contributed by atoms with Crippen molar-refractivity contribution < 1.29 is 9.53 Å². The Hall–Kier alpha value is -2.24. The molecule has 1 aliphatic carbocycles. The van der Waals surface area contributed by atoms with Crippen LogP contribution in [0.5, 0.6) is 5.75 Å². The van der Waals surface area contributed by atoms with Crippen LogP contribution < -0.4 is 21.1 Å². The molecular weight excluding hydrogens is 268 g/mol. The summed E-state index contributed by atoms with van der Waals surface area (Å²) in [7, 11) is 0. The van der Waals surface area contributed by atoms with E-state index in [0.29, 0.717) is 11.4 Å². The van der Waals surface area contributed by atoms with Crippen LogP contribution in [-0.2, 0) is 0 Å². The van der Waals surface area contributed by atoms with Gasteiger partial charge in [-0.15, -0.1) is 0 Å². The molecule has 0 atom stereocenters. The third kappa shape index (κ3) is 5.33. The minimum Gasteiger partial charge on any atom is -0.486 e. The standard InChI is InChI=1S/C15H22N4O2/c16-14(17)10-21-13-8-4-7-12(9-13)19-15(20)18-11-5-2-1-3-6-11/h4,7-9,11H,1-3,5-6,10H2,(H3,16,17)(H2,18,19,20). The number of nitrogens with two attached hydrogens (primary N) is 1. The Labute approximate surface area is 124 Å². The largest absolute Gasteiger partial charge is 0.486 e. The van der Waals surface area contributed by atoms with Gasteiger partial charge in [-0.2, -0.15) is 0 Å². The Morgan fingerprint density at radius 1 is 1.33 bits per heavy atom. The summed E-state index contributed by atoms with van der Waals surface area (Å²) in [6.45, 7) is 0.0394. The van der Waals surface area contributed by atoms with E-state index in [-0.39, 0.29) is 24.5 Å². The summed E-state index contributed by atoms with van der Waals surface area (Å²) in [6, 6.07) is 7.13. The molecule has 21 heavy (non-hydrogen) atoms. The van der Waals surface area contributed by atoms with E-state index in [4.69, 9.17) is 15.9 Å². The quantitative estimate of drug-likeness (QED) is 0.495. The first kappa shape index (κ1) is 15.2. The van der Waals surface area contributed by atoms with Crippen molar-refractivity contribution in [1.82, 2.24) is 5.32 Å². The average Bonchev–Trinajstić information content (AvgIpc) is 2.46. The van der Waals surface area contributed by atoms with Gasteiger partial charge in [-0.25, -0.2) is 4.79 Å². The lowest BCUT2D eigenvalue weighted by Gasteiger charge is -2.22. The number of anilines is 1. The molecule has 0 heterocycles. The molecule has 1 saturated carbocycles. The number of carbonyl (C=O) groups is 1. The van der Waals surface area contributed by atoms with Crippen LogP contribution >= 0.6 is 0 Å². The first-order valence-corrected chi connectivity index (χ1v) is 7.27. The van der Waals surface area contributed by atoms with Crippen LogP contribution in [-0.4, -0.2) is 24.5 Å². The lowest BCUT2D eigenvalue weighted by molar-refractivity contribution is 0.244. The fourth-order valence-electron chi connectivity index (χ4n) is 2.42. The molecule has 2 amide bonds. The van der Waals surface area contributed by atoms with Crippen molar-refractivity contribution in [1.29, 1.82) is 5.41 Å². The van der Waals surface area contributed by atoms with Crippen LogP contribution in [0, 0.1) is 5.41 Å². The number of hydrogen-bond donors (Lipinski definition) is 4. The highest BCUT2D eigenvalue weighted by Crippen LogP contribution is 2.19. The Bertz CT molecular complexity index is 498. The summed E-state index contributed by atoms with van der Waals surface area (Å²) < 4.78 is 5.32. The van der Waals surface area contributed by atoms with E-state index >= 15 is 0 Å². The number of hydrogen-bond acceptors (Lipinski definition) is 3. The van der Waals surface area contributed by atoms with Gasteiger partial charge in [0.2, 0.25) is 0 Å². The molecule has 0 aromatic heterocycles. The number of nitrogens with one attached hydrogen (secondary N) is 3. The monoisotopic (exact) mass is 290 g/mol. The Morgan fingerprint density at radius 3 is 2.81 bits per heavy atom. The molecule has 5 N–H and O–H groups in total. The van der Waals surface area contributed by atoms with Gasteiger partial charge in [0.15, 0.2) is 0 Å². The fourth-order valence-corrected chi connectivity index (χ4v) is 2.42. The Balaban J connectivity index is 1.85. The lowest BCUT2D eigenvalue weighted by atomic mass is 9.96. The zero-order chi connectivity index (χ0) is 15.1. The van der Waals surface area contributed by atoms with Crippen LogP contribution in [0.4, 0.5) is 10.5 Å². The molecule has 0 unspecified atom stereocenters. The normalized spacial score (nSPS) is 15.2. The zero-order valence-corrected chi connectivity index (χ0v) is 12.0. The minimum atomic E-state index is -0.189. The van der Waals surface area contributed by atoms with Gasteiger partial charge in [0, 0.05) is 17.8 Å². The van der Waals surface area contributed by atoms with Crippen molar-refractivity contribution in [2.75, 3.05) is 11.9 Å². The van der Waals surface area contributed by atoms with Gasteiger partial charge in [0.25, 0.3) is 0 Å². The number of benzene rings is 1. The van der Waals surface area contributed by atoms with E-state index in [9.17, 15) is 4.79 Å². The Morgan fingerprint density at radius 2 is 2.10 bits per heavy atom. The molecule has 0 saturated heterocycles. The number of amidine groups is 1. The first-order chi connectivity index (χ1) is 10.1. The maximum absolute atomic E-state index is 11.9. The van der Waals surface area contributed by atoms with E-state index in [1.165, 1.54) is 19.3 Å². The predicted octanol–water partition coefficient (Wildman–Crippen LogP) is 2.46. The van der Waals surface area contributed by atoms with E-state index < -0.39 is 0 Å². The molecule has 1 fully saturated rings. The van der Waals surface area contributed by atoms with Gasteiger partial charge in [-0.05, 0) is 25.0 Å². The van der Waals surface area contributed by atoms with Gasteiger partial charge in [-0.1, -0.05) is 25.3 Å². The van der Waals surface area contributed by atoms with Crippen molar-refractivity contribution in [3.8, 4) is 5.75 Å². The van der Waals surface area contributed by atoms with Gasteiger partial charge < -0.3 is 21.1 Å². The third-order valence-corrected chi connectivity index (χ3v) is 3.43. The molecule has 6 heteroatoms. The van der Waals surface area contributed by atoms with Crippen molar-refractivity contribution >= 4 is 17.6 Å². The lowest BCUT2D eigenvalue weighted by Crippen LogP contribution is -2.39. The van der Waals surface area contributed by atoms with Crippen LogP contribution in [0.1, 0.15) is 32.1 Å². The van der Waals surface area contributed by atoms with E-state index in [2.05, 4.69) is 10.6 Å². The highest BCUT2D eigenvalue weighted by Gasteiger charge is 2.15. The van der Waals surface area contributed by atoms with Crippen molar-refractivity contribution in [2.45, 2.75) is 38.1 Å². The Kier molecular flexibility index (Phi) is 5.43. The second kappa shape index (κ2) is 7.52. The topological polar surface area (TPSA) is 100 Å². The van der Waals surface area contributed by atoms with Crippen molar-refractivity contribution in [3.63, 3.8) is 0 Å². The summed E-state index contributed by atoms with van der Waals surface area (Å²) in [5, 5.41) is 12.9. The van der Waals surface area contributed by atoms with Gasteiger partial charge in [0.05, 0.1) is 0 Å². The maximum atomic E-state index is 11.9. The SMILES string of the molecule is N=C(N)COc1cccc(NC(=O)NC2CCCCC2)c1. The number of ether oxygens (including phenoxy) is 1. The van der Waals surface area contributed by atoms with Crippen LogP contribution in [0.25, 0.3) is 0 Å². The molecule has 6 nitrogen and oxygen atoms in total. The molecule has 1 aromatic rings. The maximum Gasteiger partial charge on any atom is 0.319 e. The number of carbonyl (C=O) groups excluding carboxylic acids is 1. The van der Waals surface area contributed by atoms with Crippen molar-refractivity contribution in [3.05, 3.63) is 24.3 Å². The summed E-state index contributed by atoms with van der Waals surface area (Å²) in [5.41, 5.74) is 5.90. The molecule has 1 aromatic carbocycles. The molecular formula is C15H22N4O2. The summed E-state index contributed by atoms with van der Waals surface area (Å²) >= 11 is 0. The summed E-state index contributed by atoms with van der Waals surface area (Å²) in [4.78, 5) is 11.9. The smallest absolute Gasteiger partial charge is 0.319 e. The highest BCUT2D eigenvalue weighted by molar-refractivity contribution is 5.89. The number of amides is 2. The van der Waals surface area contributed by atoms with Crippen LogP contribution in [0.3, 0.4) is 0 Å². The molecule has 0 radical (unpaired) electrons.